The molecule has 0 radical (unpaired) electrons. The smallest absolute Gasteiger partial charge is 0.335 e. The van der Waals surface area contributed by atoms with Crippen molar-refractivity contribution in [2.45, 2.75) is 44.9 Å². The average molecular weight is 279 g/mol. The van der Waals surface area contributed by atoms with Crippen LogP contribution >= 0.6 is 0 Å². The van der Waals surface area contributed by atoms with Crippen LogP contribution in [0.15, 0.2) is 24.3 Å². The molecular formula is C15H25NO2Si. The highest BCUT2D eigenvalue weighted by atomic mass is 28.3. The lowest BCUT2D eigenvalue weighted by molar-refractivity contribution is 0.0697. The van der Waals surface area contributed by atoms with Crippen LogP contribution in [0, 0.1) is 0 Å². The number of hydrogen-bond donors (Lipinski definition) is 2. The SMILES string of the molecule is C[Si](C)(C)CCCCCNc1ccc(C(=O)O)cc1. The Hall–Kier alpha value is -1.29. The first-order valence-electron chi connectivity index (χ1n) is 6.96. The minimum atomic E-state index is -0.877. The van der Waals surface area contributed by atoms with Crippen LogP contribution in [0.4, 0.5) is 5.69 Å². The van der Waals surface area contributed by atoms with Crippen molar-refractivity contribution in [3.8, 4) is 0 Å². The van der Waals surface area contributed by atoms with Gasteiger partial charge in [0.2, 0.25) is 0 Å². The van der Waals surface area contributed by atoms with Crippen LogP contribution in [0.1, 0.15) is 29.6 Å². The summed E-state index contributed by atoms with van der Waals surface area (Å²) in [5.74, 6) is -0.877. The number of unbranched alkanes of at least 4 members (excludes halogenated alkanes) is 2. The molecule has 0 heterocycles. The number of hydrogen-bond acceptors (Lipinski definition) is 2. The zero-order valence-electron chi connectivity index (χ0n) is 12.2. The number of nitrogens with one attached hydrogen (secondary N) is 1. The van der Waals surface area contributed by atoms with Gasteiger partial charge in [-0.25, -0.2) is 4.79 Å². The van der Waals surface area contributed by atoms with E-state index in [1.807, 2.05) is 12.1 Å². The highest BCUT2D eigenvalue weighted by Gasteiger charge is 2.11. The van der Waals surface area contributed by atoms with Gasteiger partial charge >= 0.3 is 5.97 Å². The number of carboxylic acid groups (broad SMARTS) is 1. The standard InChI is InChI=1S/C15H25NO2Si/c1-19(2,3)12-6-4-5-11-16-14-9-7-13(8-10-14)15(17)18/h7-10,16H,4-6,11-12H2,1-3H3,(H,17,18). The summed E-state index contributed by atoms with van der Waals surface area (Å²) in [7, 11) is -0.874. The number of carboxylic acids is 1. The molecule has 0 aliphatic carbocycles. The fourth-order valence-corrected chi connectivity index (χ4v) is 3.23. The van der Waals surface area contributed by atoms with Gasteiger partial charge in [0, 0.05) is 20.3 Å². The van der Waals surface area contributed by atoms with Gasteiger partial charge in [-0.2, -0.15) is 0 Å². The van der Waals surface area contributed by atoms with Gasteiger partial charge in [0.05, 0.1) is 5.56 Å². The summed E-state index contributed by atoms with van der Waals surface area (Å²) in [4.78, 5) is 10.7. The van der Waals surface area contributed by atoms with Gasteiger partial charge in [-0.1, -0.05) is 38.5 Å². The molecule has 4 heteroatoms. The van der Waals surface area contributed by atoms with Gasteiger partial charge < -0.3 is 10.4 Å². The third kappa shape index (κ3) is 7.01. The molecule has 1 aromatic rings. The third-order valence-electron chi connectivity index (χ3n) is 3.06. The molecule has 3 nitrogen and oxygen atoms in total. The molecule has 0 unspecified atom stereocenters. The monoisotopic (exact) mass is 279 g/mol. The number of aromatic carboxylic acids is 1. The van der Waals surface area contributed by atoms with Crippen LogP contribution in [0.2, 0.25) is 25.7 Å². The molecule has 1 aromatic carbocycles. The number of carbonyl (C=O) groups is 1. The van der Waals surface area contributed by atoms with Crippen LogP contribution in [0.25, 0.3) is 0 Å². The van der Waals surface area contributed by atoms with Gasteiger partial charge in [-0.05, 0) is 30.7 Å². The van der Waals surface area contributed by atoms with Crippen molar-refractivity contribution in [2.75, 3.05) is 11.9 Å². The molecule has 0 saturated carbocycles. The first-order chi connectivity index (χ1) is 8.88. The molecular weight excluding hydrogens is 254 g/mol. The minimum Gasteiger partial charge on any atom is -0.478 e. The van der Waals surface area contributed by atoms with Gasteiger partial charge in [0.15, 0.2) is 0 Å². The van der Waals surface area contributed by atoms with Crippen LogP contribution in [0.3, 0.4) is 0 Å². The Kier molecular flexibility index (Phi) is 6.08. The topological polar surface area (TPSA) is 49.3 Å². The van der Waals surface area contributed by atoms with Crippen molar-refractivity contribution < 1.29 is 9.90 Å². The van der Waals surface area contributed by atoms with E-state index in [-0.39, 0.29) is 0 Å². The maximum atomic E-state index is 10.7. The van der Waals surface area contributed by atoms with Gasteiger partial charge in [-0.3, -0.25) is 0 Å². The van der Waals surface area contributed by atoms with Crippen molar-refractivity contribution in [3.05, 3.63) is 29.8 Å². The van der Waals surface area contributed by atoms with E-state index in [1.54, 1.807) is 12.1 Å². The Morgan fingerprint density at radius 3 is 2.26 bits per heavy atom. The Labute approximate surface area is 117 Å². The van der Waals surface area contributed by atoms with E-state index in [0.717, 1.165) is 12.2 Å². The lowest BCUT2D eigenvalue weighted by Crippen LogP contribution is -2.18. The average Bonchev–Trinajstić information content (AvgIpc) is 2.33. The summed E-state index contributed by atoms with van der Waals surface area (Å²) in [6.07, 6.45) is 3.77. The molecule has 0 saturated heterocycles. The molecule has 0 aliphatic heterocycles. The third-order valence-corrected chi connectivity index (χ3v) is 4.92. The van der Waals surface area contributed by atoms with E-state index in [4.69, 9.17) is 5.11 Å². The van der Waals surface area contributed by atoms with Crippen LogP contribution in [-0.2, 0) is 0 Å². The van der Waals surface area contributed by atoms with Gasteiger partial charge in [0.1, 0.15) is 0 Å². The molecule has 19 heavy (non-hydrogen) atoms. The first kappa shape index (κ1) is 15.8. The highest BCUT2D eigenvalue weighted by molar-refractivity contribution is 6.76. The maximum absolute atomic E-state index is 10.7. The Morgan fingerprint density at radius 2 is 1.74 bits per heavy atom. The molecule has 0 amide bonds. The van der Waals surface area contributed by atoms with Crippen molar-refractivity contribution in [2.24, 2.45) is 0 Å². The molecule has 0 spiro atoms. The zero-order chi connectivity index (χ0) is 14.3. The highest BCUT2D eigenvalue weighted by Crippen LogP contribution is 2.14. The Bertz CT molecular complexity index is 396. The molecule has 0 bridgehead atoms. The molecule has 2 N–H and O–H groups in total. The molecule has 0 aromatic heterocycles. The van der Waals surface area contributed by atoms with E-state index < -0.39 is 14.0 Å². The van der Waals surface area contributed by atoms with Crippen molar-refractivity contribution in [3.63, 3.8) is 0 Å². The van der Waals surface area contributed by atoms with Gasteiger partial charge in [0.25, 0.3) is 0 Å². The molecule has 0 fully saturated rings. The lowest BCUT2D eigenvalue weighted by Gasteiger charge is -2.15. The molecule has 0 aliphatic rings. The predicted molar refractivity (Wildman–Crippen MR) is 83.9 cm³/mol. The quantitative estimate of drug-likeness (QED) is 0.551. The maximum Gasteiger partial charge on any atom is 0.335 e. The van der Waals surface area contributed by atoms with Crippen LogP contribution < -0.4 is 5.32 Å². The number of anilines is 1. The predicted octanol–water partition coefficient (Wildman–Crippen LogP) is 4.31. The van der Waals surface area contributed by atoms with E-state index in [9.17, 15) is 4.79 Å². The molecule has 1 rings (SSSR count). The summed E-state index contributed by atoms with van der Waals surface area (Å²) in [5, 5.41) is 12.1. The van der Waals surface area contributed by atoms with E-state index in [2.05, 4.69) is 25.0 Å². The second kappa shape index (κ2) is 7.33. The summed E-state index contributed by atoms with van der Waals surface area (Å²) >= 11 is 0. The fraction of sp³-hybridized carbons (Fsp3) is 0.533. The summed E-state index contributed by atoms with van der Waals surface area (Å²) in [6.45, 7) is 8.19. The lowest BCUT2D eigenvalue weighted by atomic mass is 10.2. The van der Waals surface area contributed by atoms with Crippen molar-refractivity contribution >= 4 is 19.7 Å². The van der Waals surface area contributed by atoms with E-state index in [1.165, 1.54) is 25.3 Å². The summed E-state index contributed by atoms with van der Waals surface area (Å²) < 4.78 is 0. The zero-order valence-corrected chi connectivity index (χ0v) is 13.2. The largest absolute Gasteiger partial charge is 0.478 e. The van der Waals surface area contributed by atoms with E-state index in [0.29, 0.717) is 5.56 Å². The van der Waals surface area contributed by atoms with Crippen LogP contribution in [-0.4, -0.2) is 25.7 Å². The first-order valence-corrected chi connectivity index (χ1v) is 10.7. The van der Waals surface area contributed by atoms with E-state index >= 15 is 0 Å². The summed E-state index contributed by atoms with van der Waals surface area (Å²) in [5.41, 5.74) is 1.33. The minimum absolute atomic E-state index is 0.334. The normalized spacial score (nSPS) is 11.3. The van der Waals surface area contributed by atoms with Crippen molar-refractivity contribution in [1.29, 1.82) is 0 Å². The summed E-state index contributed by atoms with van der Waals surface area (Å²) in [6, 6.07) is 8.32. The number of benzene rings is 1. The molecule has 106 valence electrons. The van der Waals surface area contributed by atoms with Crippen LogP contribution in [0.5, 0.6) is 0 Å². The second-order valence-electron chi connectivity index (χ2n) is 6.18. The Balaban J connectivity index is 2.17. The molecule has 0 atom stereocenters. The number of rotatable bonds is 8. The second-order valence-corrected chi connectivity index (χ2v) is 11.8. The van der Waals surface area contributed by atoms with Gasteiger partial charge in [-0.15, -0.1) is 0 Å². The Morgan fingerprint density at radius 1 is 1.11 bits per heavy atom. The van der Waals surface area contributed by atoms with Crippen molar-refractivity contribution in [1.82, 2.24) is 0 Å². The fourth-order valence-electron chi connectivity index (χ4n) is 1.92.